The first-order valence-corrected chi connectivity index (χ1v) is 7.35. The summed E-state index contributed by atoms with van der Waals surface area (Å²) in [6.07, 6.45) is 0.533. The summed E-state index contributed by atoms with van der Waals surface area (Å²) in [6, 6.07) is 2.50. The molecule has 1 saturated heterocycles. The summed E-state index contributed by atoms with van der Waals surface area (Å²) < 4.78 is 39.1. The van der Waals surface area contributed by atoms with E-state index >= 15 is 0 Å². The zero-order valence-electron chi connectivity index (χ0n) is 10.4. The summed E-state index contributed by atoms with van der Waals surface area (Å²) in [5, 5.41) is 19.5. The van der Waals surface area contributed by atoms with Crippen LogP contribution >= 0.6 is 0 Å². The molecule has 2 rings (SSSR count). The Kier molecular flexibility index (Phi) is 4.02. The van der Waals surface area contributed by atoms with Crippen LogP contribution in [0.4, 0.5) is 10.1 Å². The van der Waals surface area contributed by atoms with Crippen LogP contribution in [0.25, 0.3) is 0 Å². The van der Waals surface area contributed by atoms with E-state index in [9.17, 15) is 22.9 Å². The van der Waals surface area contributed by atoms with Crippen molar-refractivity contribution in [3.63, 3.8) is 0 Å². The highest BCUT2D eigenvalue weighted by Crippen LogP contribution is 2.27. The fourth-order valence-electron chi connectivity index (χ4n) is 2.11. The number of nitro groups is 1. The van der Waals surface area contributed by atoms with E-state index in [0.717, 1.165) is 16.4 Å². The Morgan fingerprint density at radius 1 is 1.50 bits per heavy atom. The first kappa shape index (κ1) is 14.8. The molecule has 1 aliphatic rings. The highest BCUT2D eigenvalue weighted by molar-refractivity contribution is 7.89. The summed E-state index contributed by atoms with van der Waals surface area (Å²) in [7, 11) is -3.89. The second-order valence-electron chi connectivity index (χ2n) is 4.57. The minimum Gasteiger partial charge on any atom is -0.396 e. The molecule has 20 heavy (non-hydrogen) atoms. The molecule has 0 aliphatic carbocycles. The smallest absolute Gasteiger partial charge is 0.304 e. The third-order valence-electron chi connectivity index (χ3n) is 3.26. The monoisotopic (exact) mass is 304 g/mol. The van der Waals surface area contributed by atoms with Gasteiger partial charge in [-0.25, -0.2) is 8.42 Å². The van der Waals surface area contributed by atoms with Crippen LogP contribution in [-0.4, -0.2) is 42.4 Å². The van der Waals surface area contributed by atoms with Crippen molar-refractivity contribution in [3.05, 3.63) is 34.1 Å². The van der Waals surface area contributed by atoms with E-state index in [1.807, 2.05) is 0 Å². The number of sulfonamides is 1. The number of rotatable bonds is 4. The lowest BCUT2D eigenvalue weighted by molar-refractivity contribution is -0.387. The highest BCUT2D eigenvalue weighted by atomic mass is 32.2. The molecule has 0 radical (unpaired) electrons. The third-order valence-corrected chi connectivity index (χ3v) is 5.12. The minimum absolute atomic E-state index is 0.110. The van der Waals surface area contributed by atoms with Crippen LogP contribution in [0, 0.1) is 21.8 Å². The van der Waals surface area contributed by atoms with E-state index in [0.29, 0.717) is 12.5 Å². The van der Waals surface area contributed by atoms with Crippen LogP contribution in [0.1, 0.15) is 6.42 Å². The fourth-order valence-corrected chi connectivity index (χ4v) is 3.65. The van der Waals surface area contributed by atoms with E-state index in [-0.39, 0.29) is 30.5 Å². The van der Waals surface area contributed by atoms with Crippen LogP contribution in [0.15, 0.2) is 23.1 Å². The SMILES string of the molecule is O=[N+]([O-])c1ccc(S(=O)(=O)N2CCC(CO)C2)cc1F. The molecule has 0 saturated carbocycles. The quantitative estimate of drug-likeness (QED) is 0.653. The Morgan fingerprint density at radius 3 is 2.70 bits per heavy atom. The molecule has 7 nitrogen and oxygen atoms in total. The zero-order chi connectivity index (χ0) is 14.9. The molecule has 1 unspecified atom stereocenters. The standard InChI is InChI=1S/C11H13FN2O5S/c12-10-5-9(1-2-11(10)14(16)17)20(18,19)13-4-3-8(6-13)7-15/h1-2,5,8,15H,3-4,6-7H2. The summed E-state index contributed by atoms with van der Waals surface area (Å²) >= 11 is 0. The molecular formula is C11H13FN2O5S. The molecule has 1 fully saturated rings. The molecule has 1 atom stereocenters. The van der Waals surface area contributed by atoms with Gasteiger partial charge in [0.05, 0.1) is 9.82 Å². The normalized spacial score (nSPS) is 20.2. The van der Waals surface area contributed by atoms with Gasteiger partial charge >= 0.3 is 5.69 Å². The van der Waals surface area contributed by atoms with Crippen molar-refractivity contribution in [3.8, 4) is 0 Å². The molecule has 0 aromatic heterocycles. The number of aliphatic hydroxyl groups is 1. The van der Waals surface area contributed by atoms with E-state index in [2.05, 4.69) is 0 Å². The van der Waals surface area contributed by atoms with Gasteiger partial charge in [-0.1, -0.05) is 0 Å². The second-order valence-corrected chi connectivity index (χ2v) is 6.51. The first-order chi connectivity index (χ1) is 9.36. The predicted octanol–water partition coefficient (Wildman–Crippen LogP) is 0.737. The van der Waals surface area contributed by atoms with Crippen molar-refractivity contribution < 1.29 is 22.8 Å². The van der Waals surface area contributed by atoms with Gasteiger partial charge in [0, 0.05) is 31.8 Å². The predicted molar refractivity (Wildman–Crippen MR) is 67.0 cm³/mol. The van der Waals surface area contributed by atoms with Crippen molar-refractivity contribution in [2.75, 3.05) is 19.7 Å². The molecule has 110 valence electrons. The molecule has 0 bridgehead atoms. The van der Waals surface area contributed by atoms with Crippen molar-refractivity contribution in [1.82, 2.24) is 4.31 Å². The second kappa shape index (κ2) is 5.43. The van der Waals surface area contributed by atoms with Crippen molar-refractivity contribution in [1.29, 1.82) is 0 Å². The van der Waals surface area contributed by atoms with Crippen LogP contribution in [-0.2, 0) is 10.0 Å². The average molecular weight is 304 g/mol. The average Bonchev–Trinajstić information content (AvgIpc) is 2.87. The maximum atomic E-state index is 13.5. The van der Waals surface area contributed by atoms with Crippen molar-refractivity contribution in [2.24, 2.45) is 5.92 Å². The maximum absolute atomic E-state index is 13.5. The maximum Gasteiger partial charge on any atom is 0.304 e. The number of aliphatic hydroxyl groups excluding tert-OH is 1. The van der Waals surface area contributed by atoms with E-state index in [1.54, 1.807) is 0 Å². The minimum atomic E-state index is -3.89. The summed E-state index contributed by atoms with van der Waals surface area (Å²) in [5.41, 5.74) is -0.765. The molecule has 1 heterocycles. The summed E-state index contributed by atoms with van der Waals surface area (Å²) in [6.45, 7) is 0.296. The molecule has 1 aromatic carbocycles. The van der Waals surface area contributed by atoms with Gasteiger partial charge in [-0.3, -0.25) is 10.1 Å². The molecule has 1 N–H and O–H groups in total. The lowest BCUT2D eigenvalue weighted by atomic mass is 10.1. The van der Waals surface area contributed by atoms with Gasteiger partial charge in [-0.2, -0.15) is 8.70 Å². The van der Waals surface area contributed by atoms with Gasteiger partial charge in [0.2, 0.25) is 15.8 Å². The van der Waals surface area contributed by atoms with Crippen LogP contribution in [0.3, 0.4) is 0 Å². The third kappa shape index (κ3) is 2.65. The largest absolute Gasteiger partial charge is 0.396 e. The lowest BCUT2D eigenvalue weighted by Crippen LogP contribution is -2.29. The van der Waals surface area contributed by atoms with E-state index in [4.69, 9.17) is 5.11 Å². The fraction of sp³-hybridized carbons (Fsp3) is 0.455. The Labute approximate surface area is 114 Å². The topological polar surface area (TPSA) is 101 Å². The number of benzene rings is 1. The highest BCUT2D eigenvalue weighted by Gasteiger charge is 2.33. The van der Waals surface area contributed by atoms with Gasteiger partial charge in [-0.05, 0) is 18.4 Å². The lowest BCUT2D eigenvalue weighted by Gasteiger charge is -2.16. The van der Waals surface area contributed by atoms with Gasteiger partial charge in [0.15, 0.2) is 0 Å². The molecule has 9 heteroatoms. The Bertz CT molecular complexity index is 634. The van der Waals surface area contributed by atoms with E-state index in [1.165, 1.54) is 0 Å². The Morgan fingerprint density at radius 2 is 2.20 bits per heavy atom. The van der Waals surface area contributed by atoms with Crippen molar-refractivity contribution >= 4 is 15.7 Å². The number of halogens is 1. The van der Waals surface area contributed by atoms with Gasteiger partial charge < -0.3 is 5.11 Å². The number of hydrogen-bond acceptors (Lipinski definition) is 5. The van der Waals surface area contributed by atoms with Crippen LogP contribution in [0.5, 0.6) is 0 Å². The van der Waals surface area contributed by atoms with Gasteiger partial charge in [0.1, 0.15) is 0 Å². The van der Waals surface area contributed by atoms with Gasteiger partial charge in [0.25, 0.3) is 0 Å². The number of nitro benzene ring substituents is 1. The summed E-state index contributed by atoms with van der Waals surface area (Å²) in [5.74, 6) is -1.32. The molecule has 1 aromatic rings. The Hall–Kier alpha value is -1.58. The zero-order valence-corrected chi connectivity index (χ0v) is 11.2. The molecular weight excluding hydrogens is 291 g/mol. The Balaban J connectivity index is 2.31. The van der Waals surface area contributed by atoms with Gasteiger partial charge in [-0.15, -0.1) is 0 Å². The number of hydrogen-bond donors (Lipinski definition) is 1. The van der Waals surface area contributed by atoms with E-state index < -0.39 is 26.5 Å². The molecule has 1 aliphatic heterocycles. The molecule has 0 spiro atoms. The summed E-state index contributed by atoms with van der Waals surface area (Å²) in [4.78, 5) is 9.27. The number of nitrogens with zero attached hydrogens (tertiary/aromatic N) is 2. The molecule has 0 amide bonds. The first-order valence-electron chi connectivity index (χ1n) is 5.91. The van der Waals surface area contributed by atoms with Crippen LogP contribution < -0.4 is 0 Å². The van der Waals surface area contributed by atoms with Crippen LogP contribution in [0.2, 0.25) is 0 Å². The van der Waals surface area contributed by atoms with Crippen molar-refractivity contribution in [2.45, 2.75) is 11.3 Å².